The predicted molar refractivity (Wildman–Crippen MR) is 71.3 cm³/mol. The molecule has 0 fully saturated rings. The second kappa shape index (κ2) is 4.92. The summed E-state index contributed by atoms with van der Waals surface area (Å²) < 4.78 is 19.2. The van der Waals surface area contributed by atoms with E-state index in [0.717, 1.165) is 10.6 Å². The van der Waals surface area contributed by atoms with Crippen LogP contribution in [0.1, 0.15) is 20.8 Å². The Balaban J connectivity index is 2.34. The molecule has 20 heavy (non-hydrogen) atoms. The molecule has 0 saturated heterocycles. The topological polar surface area (TPSA) is 72.7 Å². The van der Waals surface area contributed by atoms with Crippen molar-refractivity contribution >= 4 is 17.4 Å². The number of hydrogen-bond acceptors (Lipinski definition) is 4. The second-order valence-electron chi connectivity index (χ2n) is 5.18. The Kier molecular flexibility index (Phi) is 3.44. The number of halogens is 1. The molecule has 0 atom stereocenters. The number of nitrogens with one attached hydrogen (secondary N) is 1. The Morgan fingerprint density at radius 1 is 1.40 bits per heavy atom. The smallest absolute Gasteiger partial charge is 0.412 e. The number of ether oxygens (including phenoxy) is 1. The minimum Gasteiger partial charge on any atom is -0.444 e. The summed E-state index contributed by atoms with van der Waals surface area (Å²) in [5.41, 5.74) is -1.06. The largest absolute Gasteiger partial charge is 0.444 e. The lowest BCUT2D eigenvalue weighted by Crippen LogP contribution is -2.30. The third-order valence-electron chi connectivity index (χ3n) is 2.30. The lowest BCUT2D eigenvalue weighted by atomic mass is 10.2. The number of fused-ring (bicyclic) bond motifs is 1. The highest BCUT2D eigenvalue weighted by Gasteiger charge is 2.17. The molecule has 2 heterocycles. The zero-order valence-electron chi connectivity index (χ0n) is 11.3. The lowest BCUT2D eigenvalue weighted by Gasteiger charge is -2.19. The highest BCUT2D eigenvalue weighted by Crippen LogP contribution is 2.09. The summed E-state index contributed by atoms with van der Waals surface area (Å²) in [6.45, 7) is 5.11. The molecule has 0 unspecified atom stereocenters. The van der Waals surface area contributed by atoms with Crippen LogP contribution in [0.2, 0.25) is 0 Å². The van der Waals surface area contributed by atoms with Crippen molar-refractivity contribution in [3.05, 3.63) is 40.7 Å². The lowest BCUT2D eigenvalue weighted by molar-refractivity contribution is 0.0635. The van der Waals surface area contributed by atoms with Gasteiger partial charge in [0, 0.05) is 6.20 Å². The third-order valence-corrected chi connectivity index (χ3v) is 2.30. The maximum Gasteiger partial charge on any atom is 0.412 e. The minimum atomic E-state index is -0.771. The van der Waals surface area contributed by atoms with Crippen LogP contribution in [-0.2, 0) is 4.74 Å². The van der Waals surface area contributed by atoms with Gasteiger partial charge >= 0.3 is 6.09 Å². The number of pyridine rings is 1. The average Bonchev–Trinajstić information content (AvgIpc) is 2.31. The molecule has 0 saturated carbocycles. The molecule has 0 bridgehead atoms. The van der Waals surface area contributed by atoms with Crippen LogP contribution in [0.5, 0.6) is 0 Å². The fourth-order valence-electron chi connectivity index (χ4n) is 1.55. The Bertz CT molecular complexity index is 719. The Morgan fingerprint density at radius 3 is 2.75 bits per heavy atom. The summed E-state index contributed by atoms with van der Waals surface area (Å²) in [4.78, 5) is 27.6. The number of hydrogen-bond donors (Lipinski definition) is 1. The zero-order valence-corrected chi connectivity index (χ0v) is 11.3. The summed E-state index contributed by atoms with van der Waals surface area (Å²) in [7, 11) is 0. The van der Waals surface area contributed by atoms with Gasteiger partial charge in [0.25, 0.3) is 5.56 Å². The van der Waals surface area contributed by atoms with E-state index in [1.807, 2.05) is 0 Å². The van der Waals surface area contributed by atoms with Crippen molar-refractivity contribution in [3.8, 4) is 0 Å². The number of amides is 1. The van der Waals surface area contributed by atoms with Crippen LogP contribution >= 0.6 is 0 Å². The first-order valence-electron chi connectivity index (χ1n) is 5.93. The van der Waals surface area contributed by atoms with Gasteiger partial charge in [-0.3, -0.25) is 14.5 Å². The van der Waals surface area contributed by atoms with E-state index in [4.69, 9.17) is 4.74 Å². The van der Waals surface area contributed by atoms with Crippen molar-refractivity contribution in [1.82, 2.24) is 9.38 Å². The van der Waals surface area contributed by atoms with Gasteiger partial charge in [0.1, 0.15) is 22.8 Å². The molecular formula is C13H14FN3O3. The van der Waals surface area contributed by atoms with E-state index in [2.05, 4.69) is 10.3 Å². The number of nitrogens with zero attached hydrogens (tertiary/aromatic N) is 2. The molecule has 1 N–H and O–H groups in total. The third kappa shape index (κ3) is 3.11. The van der Waals surface area contributed by atoms with Crippen LogP contribution in [0, 0.1) is 5.82 Å². The molecule has 0 aliphatic heterocycles. The van der Waals surface area contributed by atoms with E-state index >= 15 is 0 Å². The monoisotopic (exact) mass is 279 g/mol. The Labute approximate surface area is 114 Å². The molecule has 2 rings (SSSR count). The van der Waals surface area contributed by atoms with Crippen molar-refractivity contribution in [2.24, 2.45) is 0 Å². The maximum atomic E-state index is 13.1. The number of aromatic nitrogens is 2. The molecule has 106 valence electrons. The molecule has 7 heteroatoms. The molecule has 0 spiro atoms. The molecular weight excluding hydrogens is 265 g/mol. The Hall–Kier alpha value is -2.44. The molecule has 0 aliphatic carbocycles. The first kappa shape index (κ1) is 14.0. The number of carbonyl (C=O) groups excluding carboxylic acids is 1. The average molecular weight is 279 g/mol. The van der Waals surface area contributed by atoms with E-state index < -0.39 is 23.1 Å². The van der Waals surface area contributed by atoms with E-state index in [1.165, 1.54) is 18.3 Å². The maximum absolute atomic E-state index is 13.1. The molecule has 2 aromatic heterocycles. The van der Waals surface area contributed by atoms with Gasteiger partial charge in [-0.05, 0) is 32.9 Å². The van der Waals surface area contributed by atoms with E-state index in [0.29, 0.717) is 0 Å². The quantitative estimate of drug-likeness (QED) is 0.868. The van der Waals surface area contributed by atoms with Gasteiger partial charge in [-0.2, -0.15) is 0 Å². The molecule has 0 aromatic carbocycles. The highest BCUT2D eigenvalue weighted by molar-refractivity contribution is 5.84. The van der Waals surface area contributed by atoms with Gasteiger partial charge in [-0.1, -0.05) is 0 Å². The minimum absolute atomic E-state index is 0.0812. The molecule has 0 radical (unpaired) electrons. The summed E-state index contributed by atoms with van der Waals surface area (Å²) in [6.07, 6.45) is 1.44. The molecule has 6 nitrogen and oxygen atoms in total. The molecule has 0 aliphatic rings. The first-order chi connectivity index (χ1) is 9.26. The van der Waals surface area contributed by atoms with Gasteiger partial charge in [0.2, 0.25) is 0 Å². The fourth-order valence-corrected chi connectivity index (χ4v) is 1.55. The van der Waals surface area contributed by atoms with Crippen LogP contribution in [0.25, 0.3) is 5.65 Å². The Morgan fingerprint density at radius 2 is 2.10 bits per heavy atom. The van der Waals surface area contributed by atoms with Crippen LogP contribution in [0.4, 0.5) is 14.9 Å². The van der Waals surface area contributed by atoms with Crippen LogP contribution < -0.4 is 10.9 Å². The molecule has 2 aromatic rings. The normalized spacial score (nSPS) is 11.4. The van der Waals surface area contributed by atoms with E-state index in [9.17, 15) is 14.0 Å². The highest BCUT2D eigenvalue weighted by atomic mass is 19.1. The van der Waals surface area contributed by atoms with Crippen molar-refractivity contribution in [1.29, 1.82) is 0 Å². The van der Waals surface area contributed by atoms with Crippen LogP contribution in [0.3, 0.4) is 0 Å². The van der Waals surface area contributed by atoms with Crippen molar-refractivity contribution in [2.75, 3.05) is 5.32 Å². The fraction of sp³-hybridized carbons (Fsp3) is 0.308. The summed E-state index contributed by atoms with van der Waals surface area (Å²) in [5.74, 6) is -0.573. The number of anilines is 1. The number of carbonyl (C=O) groups is 1. The second-order valence-corrected chi connectivity index (χ2v) is 5.18. The van der Waals surface area contributed by atoms with Crippen molar-refractivity contribution < 1.29 is 13.9 Å². The molecule has 1 amide bonds. The summed E-state index contributed by atoms with van der Waals surface area (Å²) in [5, 5.41) is 2.30. The van der Waals surface area contributed by atoms with Crippen LogP contribution in [-0.4, -0.2) is 21.1 Å². The summed E-state index contributed by atoms with van der Waals surface area (Å²) >= 11 is 0. The number of rotatable bonds is 1. The van der Waals surface area contributed by atoms with Gasteiger partial charge in [-0.25, -0.2) is 14.2 Å². The van der Waals surface area contributed by atoms with Gasteiger partial charge in [-0.15, -0.1) is 0 Å². The standard InChI is InChI=1S/C13H14FN3O3/c1-13(2,3)20-12(19)16-9-6-15-10-5-4-8(14)7-17(10)11(9)18/h4-7H,1-3H3,(H,16,19). The van der Waals surface area contributed by atoms with E-state index in [1.54, 1.807) is 20.8 Å². The summed E-state index contributed by atoms with van der Waals surface area (Å²) in [6, 6.07) is 2.57. The van der Waals surface area contributed by atoms with Gasteiger partial charge in [0.05, 0.1) is 6.20 Å². The van der Waals surface area contributed by atoms with Crippen LogP contribution in [0.15, 0.2) is 29.3 Å². The van der Waals surface area contributed by atoms with Crippen molar-refractivity contribution in [3.63, 3.8) is 0 Å². The SMILES string of the molecule is CC(C)(C)OC(=O)Nc1cnc2ccc(F)cn2c1=O. The van der Waals surface area contributed by atoms with Gasteiger partial charge in [0.15, 0.2) is 0 Å². The van der Waals surface area contributed by atoms with Gasteiger partial charge < -0.3 is 4.74 Å². The predicted octanol–water partition coefficient (Wildman–Crippen LogP) is 2.18. The first-order valence-corrected chi connectivity index (χ1v) is 5.93. The zero-order chi connectivity index (χ0) is 14.9. The van der Waals surface area contributed by atoms with Crippen molar-refractivity contribution in [2.45, 2.75) is 26.4 Å². The van der Waals surface area contributed by atoms with E-state index in [-0.39, 0.29) is 11.3 Å².